The highest BCUT2D eigenvalue weighted by atomic mass is 16.5. The molecule has 3 aromatic carbocycles. The van der Waals surface area contributed by atoms with Gasteiger partial charge in [-0.2, -0.15) is 5.10 Å². The maximum atomic E-state index is 12.7. The van der Waals surface area contributed by atoms with E-state index in [2.05, 4.69) is 20.0 Å². The van der Waals surface area contributed by atoms with Crippen molar-refractivity contribution in [3.63, 3.8) is 0 Å². The van der Waals surface area contributed by atoms with E-state index in [1.165, 1.54) is 25.9 Å². The van der Waals surface area contributed by atoms with Crippen molar-refractivity contribution >= 4 is 22.5 Å². The minimum Gasteiger partial charge on any atom is -0.457 e. The van der Waals surface area contributed by atoms with Gasteiger partial charge in [-0.25, -0.2) is 0 Å². The minimum absolute atomic E-state index is 0.0624. The lowest BCUT2D eigenvalue weighted by Gasteiger charge is -2.14. The second-order valence-corrected chi connectivity index (χ2v) is 8.48. The zero-order valence-electron chi connectivity index (χ0n) is 18.6. The van der Waals surface area contributed by atoms with E-state index in [1.54, 1.807) is 0 Å². The van der Waals surface area contributed by atoms with Gasteiger partial charge in [0.05, 0.1) is 24.7 Å². The topological polar surface area (TPSA) is 59.4 Å². The molecule has 1 fully saturated rings. The third kappa shape index (κ3) is 5.41. The zero-order valence-corrected chi connectivity index (χ0v) is 18.6. The number of nitrogens with zero attached hydrogens (tertiary/aromatic N) is 3. The van der Waals surface area contributed by atoms with Gasteiger partial charge in [0.15, 0.2) is 0 Å². The molecule has 168 valence electrons. The fourth-order valence-corrected chi connectivity index (χ4v) is 4.32. The largest absolute Gasteiger partial charge is 0.457 e. The number of para-hydroxylation sites is 1. The van der Waals surface area contributed by atoms with Crippen molar-refractivity contribution in [1.82, 2.24) is 14.7 Å². The molecule has 0 radical (unpaired) electrons. The first-order valence-corrected chi connectivity index (χ1v) is 11.5. The quantitative estimate of drug-likeness (QED) is 0.414. The SMILES string of the molecule is O=C(Cc1cccc(Oc2ccccc2)c1)Nc1ccc2c(cnn2CCN2CCCC2)c1. The molecule has 5 rings (SSSR count). The Bertz CT molecular complexity index is 1230. The van der Waals surface area contributed by atoms with Crippen LogP contribution >= 0.6 is 0 Å². The van der Waals surface area contributed by atoms with Crippen LogP contribution in [0.15, 0.2) is 79.0 Å². The second kappa shape index (κ2) is 9.88. The molecule has 0 unspecified atom stereocenters. The number of fused-ring (bicyclic) bond motifs is 1. The van der Waals surface area contributed by atoms with E-state index < -0.39 is 0 Å². The summed E-state index contributed by atoms with van der Waals surface area (Å²) in [4.78, 5) is 15.2. The van der Waals surface area contributed by atoms with Gasteiger partial charge in [0.1, 0.15) is 11.5 Å². The van der Waals surface area contributed by atoms with Crippen LogP contribution in [-0.4, -0.2) is 40.2 Å². The number of ether oxygens (including phenoxy) is 1. The number of nitrogens with one attached hydrogen (secondary N) is 1. The van der Waals surface area contributed by atoms with E-state index in [-0.39, 0.29) is 12.3 Å². The summed E-state index contributed by atoms with van der Waals surface area (Å²) in [5.74, 6) is 1.43. The Hall–Kier alpha value is -3.64. The second-order valence-electron chi connectivity index (χ2n) is 8.48. The number of aromatic nitrogens is 2. The Morgan fingerprint density at radius 2 is 1.73 bits per heavy atom. The predicted molar refractivity (Wildman–Crippen MR) is 131 cm³/mol. The van der Waals surface area contributed by atoms with E-state index in [1.807, 2.05) is 79.0 Å². The molecule has 0 aliphatic carbocycles. The Labute approximate surface area is 193 Å². The van der Waals surface area contributed by atoms with Crippen molar-refractivity contribution in [2.75, 3.05) is 25.0 Å². The van der Waals surface area contributed by atoms with Crippen LogP contribution in [0.3, 0.4) is 0 Å². The van der Waals surface area contributed by atoms with Crippen LogP contribution in [0.4, 0.5) is 5.69 Å². The van der Waals surface area contributed by atoms with Gasteiger partial charge < -0.3 is 15.0 Å². The summed E-state index contributed by atoms with van der Waals surface area (Å²) in [6.07, 6.45) is 4.75. The van der Waals surface area contributed by atoms with Crippen LogP contribution in [0.5, 0.6) is 11.5 Å². The van der Waals surface area contributed by atoms with Crippen LogP contribution < -0.4 is 10.1 Å². The van der Waals surface area contributed by atoms with Crippen molar-refractivity contribution in [2.24, 2.45) is 0 Å². The van der Waals surface area contributed by atoms with E-state index in [4.69, 9.17) is 4.74 Å². The summed E-state index contributed by atoms with van der Waals surface area (Å²) in [5, 5.41) is 8.60. The Kier molecular flexibility index (Phi) is 6.35. The van der Waals surface area contributed by atoms with Crippen LogP contribution in [0.1, 0.15) is 18.4 Å². The third-order valence-electron chi connectivity index (χ3n) is 5.99. The molecule has 6 nitrogen and oxygen atoms in total. The van der Waals surface area contributed by atoms with E-state index in [0.29, 0.717) is 5.75 Å². The molecule has 0 atom stereocenters. The first-order valence-electron chi connectivity index (χ1n) is 11.5. The maximum absolute atomic E-state index is 12.7. The molecule has 1 aromatic heterocycles. The molecule has 0 saturated carbocycles. The molecular formula is C27H28N4O2. The third-order valence-corrected chi connectivity index (χ3v) is 5.99. The highest BCUT2D eigenvalue weighted by Crippen LogP contribution is 2.23. The smallest absolute Gasteiger partial charge is 0.228 e. The Balaban J connectivity index is 1.20. The number of rotatable bonds is 8. The number of benzene rings is 3. The van der Waals surface area contributed by atoms with Crippen molar-refractivity contribution in [3.05, 3.63) is 84.6 Å². The van der Waals surface area contributed by atoms with Crippen molar-refractivity contribution in [3.8, 4) is 11.5 Å². The number of likely N-dealkylation sites (tertiary alicyclic amines) is 1. The number of anilines is 1. The number of hydrogen-bond donors (Lipinski definition) is 1. The van der Waals surface area contributed by atoms with Crippen molar-refractivity contribution in [2.45, 2.75) is 25.8 Å². The van der Waals surface area contributed by atoms with E-state index >= 15 is 0 Å². The van der Waals surface area contributed by atoms with Gasteiger partial charge >= 0.3 is 0 Å². The van der Waals surface area contributed by atoms with Crippen LogP contribution in [0.25, 0.3) is 10.9 Å². The average Bonchev–Trinajstić information content (AvgIpc) is 3.48. The van der Waals surface area contributed by atoms with Crippen molar-refractivity contribution < 1.29 is 9.53 Å². The first kappa shape index (κ1) is 21.2. The van der Waals surface area contributed by atoms with Gasteiger partial charge in [0.2, 0.25) is 5.91 Å². The molecule has 1 aliphatic heterocycles. The summed E-state index contributed by atoms with van der Waals surface area (Å²) in [5.41, 5.74) is 2.78. The molecule has 1 saturated heterocycles. The number of carbonyl (C=O) groups is 1. The molecule has 1 aliphatic rings. The Morgan fingerprint density at radius 3 is 2.58 bits per heavy atom. The highest BCUT2D eigenvalue weighted by molar-refractivity contribution is 5.94. The first-order chi connectivity index (χ1) is 16.2. The molecule has 6 heteroatoms. The number of hydrogen-bond acceptors (Lipinski definition) is 4. The summed E-state index contributed by atoms with van der Waals surface area (Å²) >= 11 is 0. The van der Waals surface area contributed by atoms with Crippen molar-refractivity contribution in [1.29, 1.82) is 0 Å². The van der Waals surface area contributed by atoms with Gasteiger partial charge in [0, 0.05) is 17.6 Å². The average molecular weight is 441 g/mol. The van der Waals surface area contributed by atoms with Gasteiger partial charge in [0.25, 0.3) is 0 Å². The number of amides is 1. The maximum Gasteiger partial charge on any atom is 0.228 e. The highest BCUT2D eigenvalue weighted by Gasteiger charge is 2.12. The van der Waals surface area contributed by atoms with Gasteiger partial charge in [-0.1, -0.05) is 30.3 Å². The molecule has 0 spiro atoms. The fourth-order valence-electron chi connectivity index (χ4n) is 4.32. The zero-order chi connectivity index (χ0) is 22.5. The molecule has 33 heavy (non-hydrogen) atoms. The molecule has 0 bridgehead atoms. The predicted octanol–water partition coefficient (Wildman–Crippen LogP) is 5.11. The minimum atomic E-state index is -0.0624. The monoisotopic (exact) mass is 440 g/mol. The number of carbonyl (C=O) groups excluding carboxylic acids is 1. The van der Waals surface area contributed by atoms with Gasteiger partial charge in [-0.3, -0.25) is 9.48 Å². The Morgan fingerprint density at radius 1 is 0.909 bits per heavy atom. The lowest BCUT2D eigenvalue weighted by Crippen LogP contribution is -2.24. The normalized spacial score (nSPS) is 13.9. The fraction of sp³-hybridized carbons (Fsp3) is 0.259. The molecule has 1 N–H and O–H groups in total. The summed E-state index contributed by atoms with van der Waals surface area (Å²) in [6.45, 7) is 4.30. The van der Waals surface area contributed by atoms with Crippen LogP contribution in [-0.2, 0) is 17.8 Å². The lowest BCUT2D eigenvalue weighted by atomic mass is 10.1. The summed E-state index contributed by atoms with van der Waals surface area (Å²) in [6, 6.07) is 23.2. The lowest BCUT2D eigenvalue weighted by molar-refractivity contribution is -0.115. The molecule has 1 amide bonds. The molecule has 4 aromatic rings. The van der Waals surface area contributed by atoms with Crippen LogP contribution in [0.2, 0.25) is 0 Å². The van der Waals surface area contributed by atoms with Gasteiger partial charge in [-0.05, 0) is 74.0 Å². The van der Waals surface area contributed by atoms with Crippen LogP contribution in [0, 0.1) is 0 Å². The van der Waals surface area contributed by atoms with E-state index in [9.17, 15) is 4.79 Å². The van der Waals surface area contributed by atoms with Gasteiger partial charge in [-0.15, -0.1) is 0 Å². The standard InChI is InChI=1S/C27H28N4O2/c32-27(18-21-7-6-10-25(17-21)33-24-8-2-1-3-9-24)29-23-11-12-26-22(19-23)20-28-31(26)16-15-30-13-4-5-14-30/h1-3,6-12,17,19-20H,4-5,13-16,18H2,(H,29,32). The summed E-state index contributed by atoms with van der Waals surface area (Å²) in [7, 11) is 0. The summed E-state index contributed by atoms with van der Waals surface area (Å²) < 4.78 is 7.93. The molecular weight excluding hydrogens is 412 g/mol. The van der Waals surface area contributed by atoms with E-state index in [0.717, 1.165) is 41.0 Å². The molecule has 2 heterocycles.